The van der Waals surface area contributed by atoms with E-state index in [1.165, 1.54) is 11.8 Å². The minimum absolute atomic E-state index is 0.259. The Bertz CT molecular complexity index is 266. The third-order valence-corrected chi connectivity index (χ3v) is 3.65. The third-order valence-electron chi connectivity index (χ3n) is 2.29. The number of ether oxygens (including phenoxy) is 1. The molecule has 80 valence electrons. The monoisotopic (exact) mass is 216 g/mol. The van der Waals surface area contributed by atoms with Crippen LogP contribution in [0.5, 0.6) is 0 Å². The van der Waals surface area contributed by atoms with Gasteiger partial charge in [-0.05, 0) is 13.8 Å². The lowest BCUT2D eigenvalue weighted by molar-refractivity contribution is -0.119. The highest BCUT2D eigenvalue weighted by molar-refractivity contribution is 8.04. The Hall–Kier alpha value is -0.680. The number of allylic oxidation sites excluding steroid dienone is 2. The fourth-order valence-corrected chi connectivity index (χ4v) is 2.51. The summed E-state index contributed by atoms with van der Waals surface area (Å²) in [6, 6.07) is 0. The average Bonchev–Trinajstić information content (AvgIpc) is 2.41. The van der Waals surface area contributed by atoms with E-state index in [-0.39, 0.29) is 11.3 Å². The van der Waals surface area contributed by atoms with Gasteiger partial charge < -0.3 is 15.4 Å². The highest BCUT2D eigenvalue weighted by Crippen LogP contribution is 2.36. The molecule has 14 heavy (non-hydrogen) atoms. The van der Waals surface area contributed by atoms with Gasteiger partial charge in [-0.15, -0.1) is 0 Å². The highest BCUT2D eigenvalue weighted by atomic mass is 32.2. The summed E-state index contributed by atoms with van der Waals surface area (Å²) in [7, 11) is 1.65. The van der Waals surface area contributed by atoms with E-state index in [2.05, 4.69) is 0 Å². The van der Waals surface area contributed by atoms with Gasteiger partial charge in [0.25, 0.3) is 5.91 Å². The van der Waals surface area contributed by atoms with E-state index < -0.39 is 0 Å². The minimum atomic E-state index is -0.290. The molecule has 0 aromatic carbocycles. The van der Waals surface area contributed by atoms with E-state index in [1.54, 1.807) is 7.11 Å². The van der Waals surface area contributed by atoms with Crippen molar-refractivity contribution in [3.05, 3.63) is 10.6 Å². The van der Waals surface area contributed by atoms with Crippen LogP contribution in [0.15, 0.2) is 10.6 Å². The first-order chi connectivity index (χ1) is 6.57. The summed E-state index contributed by atoms with van der Waals surface area (Å²) >= 11 is 1.52. The maximum Gasteiger partial charge on any atom is 0.250 e. The second kappa shape index (κ2) is 4.70. The number of thioether (sulfide) groups is 1. The second-order valence-corrected chi connectivity index (χ2v) is 4.49. The zero-order chi connectivity index (χ0) is 10.7. The molecule has 1 heterocycles. The van der Waals surface area contributed by atoms with Crippen molar-refractivity contribution < 1.29 is 9.53 Å². The van der Waals surface area contributed by atoms with Crippen molar-refractivity contribution in [2.45, 2.75) is 19.2 Å². The number of hydrogen-bond donors (Lipinski definition) is 1. The standard InChI is InChI=1S/C9H16N2O2S/c1-6-7(2)14-9(8(10)12)11(6)4-5-13-3/h9H,4-5H2,1-3H3,(H2,10,12). The van der Waals surface area contributed by atoms with Crippen LogP contribution in [0.2, 0.25) is 0 Å². The van der Waals surface area contributed by atoms with Crippen LogP contribution < -0.4 is 5.73 Å². The maximum atomic E-state index is 11.2. The van der Waals surface area contributed by atoms with Gasteiger partial charge in [0.2, 0.25) is 0 Å². The van der Waals surface area contributed by atoms with Gasteiger partial charge in [-0.2, -0.15) is 0 Å². The maximum absolute atomic E-state index is 11.2. The normalized spacial score (nSPS) is 21.9. The molecule has 1 aliphatic rings. The molecule has 0 saturated heterocycles. The van der Waals surface area contributed by atoms with E-state index in [0.717, 1.165) is 10.6 Å². The lowest BCUT2D eigenvalue weighted by Crippen LogP contribution is -2.40. The quantitative estimate of drug-likeness (QED) is 0.753. The number of rotatable bonds is 4. The molecule has 0 aliphatic carbocycles. The lowest BCUT2D eigenvalue weighted by Gasteiger charge is -2.24. The first-order valence-electron chi connectivity index (χ1n) is 4.47. The molecule has 0 aromatic rings. The van der Waals surface area contributed by atoms with Gasteiger partial charge in [0.05, 0.1) is 6.61 Å². The van der Waals surface area contributed by atoms with E-state index in [1.807, 2.05) is 18.7 Å². The number of nitrogens with zero attached hydrogens (tertiary/aromatic N) is 1. The number of amides is 1. The van der Waals surface area contributed by atoms with Crippen LogP contribution >= 0.6 is 11.8 Å². The van der Waals surface area contributed by atoms with Crippen molar-refractivity contribution in [1.82, 2.24) is 4.90 Å². The zero-order valence-electron chi connectivity index (χ0n) is 8.74. The summed E-state index contributed by atoms with van der Waals surface area (Å²) in [5.41, 5.74) is 6.44. The Kier molecular flexibility index (Phi) is 3.83. The molecule has 0 bridgehead atoms. The number of carbonyl (C=O) groups excluding carboxylic acids is 1. The SMILES string of the molecule is COCCN1C(C)=C(C)SC1C(N)=O. The molecule has 0 fully saturated rings. The van der Waals surface area contributed by atoms with Crippen LogP contribution in [0.4, 0.5) is 0 Å². The van der Waals surface area contributed by atoms with Crippen molar-refractivity contribution in [3.8, 4) is 0 Å². The van der Waals surface area contributed by atoms with Gasteiger partial charge in [0.15, 0.2) is 5.37 Å². The molecule has 0 aromatic heterocycles. The smallest absolute Gasteiger partial charge is 0.250 e. The first-order valence-corrected chi connectivity index (χ1v) is 5.35. The topological polar surface area (TPSA) is 55.6 Å². The molecular weight excluding hydrogens is 200 g/mol. The minimum Gasteiger partial charge on any atom is -0.383 e. The number of hydrogen-bond acceptors (Lipinski definition) is 4. The molecule has 1 unspecified atom stereocenters. The predicted molar refractivity (Wildman–Crippen MR) is 57.5 cm³/mol. The van der Waals surface area contributed by atoms with Crippen LogP contribution in [-0.2, 0) is 9.53 Å². The van der Waals surface area contributed by atoms with E-state index in [4.69, 9.17) is 10.5 Å². The largest absolute Gasteiger partial charge is 0.383 e. The number of nitrogens with two attached hydrogens (primary N) is 1. The average molecular weight is 216 g/mol. The number of methoxy groups -OCH3 is 1. The second-order valence-electron chi connectivity index (χ2n) is 3.20. The van der Waals surface area contributed by atoms with Gasteiger partial charge in [-0.3, -0.25) is 4.79 Å². The summed E-state index contributed by atoms with van der Waals surface area (Å²) < 4.78 is 4.99. The van der Waals surface area contributed by atoms with Crippen LogP contribution in [0.1, 0.15) is 13.8 Å². The summed E-state index contributed by atoms with van der Waals surface area (Å²) in [6.07, 6.45) is 0. The molecule has 5 heteroatoms. The van der Waals surface area contributed by atoms with Gasteiger partial charge >= 0.3 is 0 Å². The van der Waals surface area contributed by atoms with Crippen LogP contribution in [0.3, 0.4) is 0 Å². The lowest BCUT2D eigenvalue weighted by atomic mass is 10.3. The Labute approximate surface area is 88.5 Å². The van der Waals surface area contributed by atoms with E-state index in [0.29, 0.717) is 13.2 Å². The molecule has 1 rings (SSSR count). The van der Waals surface area contributed by atoms with Crippen LogP contribution in [0.25, 0.3) is 0 Å². The van der Waals surface area contributed by atoms with Crippen molar-refractivity contribution in [2.75, 3.05) is 20.3 Å². The zero-order valence-corrected chi connectivity index (χ0v) is 9.56. The molecule has 0 saturated carbocycles. The van der Waals surface area contributed by atoms with Gasteiger partial charge in [0, 0.05) is 24.3 Å². The van der Waals surface area contributed by atoms with Crippen molar-refractivity contribution in [3.63, 3.8) is 0 Å². The number of carbonyl (C=O) groups is 1. The van der Waals surface area contributed by atoms with Crippen molar-refractivity contribution in [2.24, 2.45) is 5.73 Å². The molecule has 0 radical (unpaired) electrons. The Morgan fingerprint density at radius 1 is 1.64 bits per heavy atom. The molecule has 4 nitrogen and oxygen atoms in total. The van der Waals surface area contributed by atoms with Gasteiger partial charge in [0.1, 0.15) is 0 Å². The molecular formula is C9H16N2O2S. The summed E-state index contributed by atoms with van der Waals surface area (Å²) in [5.74, 6) is -0.290. The van der Waals surface area contributed by atoms with E-state index in [9.17, 15) is 4.79 Å². The Balaban J connectivity index is 2.69. The summed E-state index contributed by atoms with van der Waals surface area (Å²) in [5, 5.41) is -0.259. The first kappa shape index (κ1) is 11.4. The molecule has 1 atom stereocenters. The van der Waals surface area contributed by atoms with Crippen LogP contribution in [0, 0.1) is 0 Å². The van der Waals surface area contributed by atoms with Gasteiger partial charge in [-0.25, -0.2) is 0 Å². The molecule has 2 N–H and O–H groups in total. The van der Waals surface area contributed by atoms with Crippen LogP contribution in [-0.4, -0.2) is 36.4 Å². The highest BCUT2D eigenvalue weighted by Gasteiger charge is 2.31. The fourth-order valence-electron chi connectivity index (χ4n) is 1.38. The summed E-state index contributed by atoms with van der Waals surface area (Å²) in [4.78, 5) is 14.3. The predicted octanol–water partition coefficient (Wildman–Crippen LogP) is 0.744. The molecule has 0 spiro atoms. The van der Waals surface area contributed by atoms with Gasteiger partial charge in [-0.1, -0.05) is 11.8 Å². The Morgan fingerprint density at radius 3 is 2.79 bits per heavy atom. The fraction of sp³-hybridized carbons (Fsp3) is 0.667. The summed E-state index contributed by atoms with van der Waals surface area (Å²) in [6.45, 7) is 5.32. The number of primary amides is 1. The Morgan fingerprint density at radius 2 is 2.29 bits per heavy atom. The van der Waals surface area contributed by atoms with Crippen molar-refractivity contribution >= 4 is 17.7 Å². The van der Waals surface area contributed by atoms with E-state index >= 15 is 0 Å². The van der Waals surface area contributed by atoms with Crippen molar-refractivity contribution in [1.29, 1.82) is 0 Å². The molecule has 1 amide bonds. The molecule has 1 aliphatic heterocycles. The third kappa shape index (κ3) is 2.22.